The van der Waals surface area contributed by atoms with Crippen LogP contribution < -0.4 is 10.6 Å². The first-order valence-corrected chi connectivity index (χ1v) is 7.80. The van der Waals surface area contributed by atoms with E-state index in [2.05, 4.69) is 31.5 Å². The topological polar surface area (TPSA) is 71.1 Å². The molecule has 5 nitrogen and oxygen atoms in total. The maximum absolute atomic E-state index is 12.0. The zero-order chi connectivity index (χ0) is 13.7. The molecule has 0 spiro atoms. The summed E-state index contributed by atoms with van der Waals surface area (Å²) in [6.07, 6.45) is 3.24. The fourth-order valence-electron chi connectivity index (χ4n) is 1.26. The number of halogens is 1. The van der Waals surface area contributed by atoms with Gasteiger partial charge in [0.2, 0.25) is 0 Å². The SMILES string of the molecule is CNc1ncc(Br)cc1C(=O)NCC(C)S(C)=O. The van der Waals surface area contributed by atoms with Crippen molar-refractivity contribution in [1.29, 1.82) is 0 Å². The summed E-state index contributed by atoms with van der Waals surface area (Å²) in [4.78, 5) is 16.1. The first-order valence-electron chi connectivity index (χ1n) is 5.39. The Bertz CT molecular complexity index is 468. The Morgan fingerprint density at radius 2 is 2.28 bits per heavy atom. The number of nitrogens with zero attached hydrogens (tertiary/aromatic N) is 1. The highest BCUT2D eigenvalue weighted by Gasteiger charge is 2.14. The molecule has 2 unspecified atom stereocenters. The van der Waals surface area contributed by atoms with Gasteiger partial charge in [-0.2, -0.15) is 0 Å². The number of rotatable bonds is 5. The number of amides is 1. The summed E-state index contributed by atoms with van der Waals surface area (Å²) in [5.74, 6) is 0.284. The van der Waals surface area contributed by atoms with Crippen LogP contribution in [-0.2, 0) is 10.8 Å². The summed E-state index contributed by atoms with van der Waals surface area (Å²) in [5.41, 5.74) is 0.459. The van der Waals surface area contributed by atoms with Crippen LogP contribution in [0.4, 0.5) is 5.82 Å². The molecule has 0 bridgehead atoms. The Balaban J connectivity index is 2.78. The second kappa shape index (κ2) is 6.84. The van der Waals surface area contributed by atoms with Crippen molar-refractivity contribution in [2.75, 3.05) is 25.2 Å². The summed E-state index contributed by atoms with van der Waals surface area (Å²) >= 11 is 3.28. The summed E-state index contributed by atoms with van der Waals surface area (Å²) in [6.45, 7) is 2.20. The van der Waals surface area contributed by atoms with E-state index in [1.807, 2.05) is 6.92 Å². The van der Waals surface area contributed by atoms with Gasteiger partial charge >= 0.3 is 0 Å². The van der Waals surface area contributed by atoms with Gasteiger partial charge < -0.3 is 10.6 Å². The van der Waals surface area contributed by atoms with Gasteiger partial charge in [0.25, 0.3) is 5.91 Å². The normalized spacial score (nSPS) is 13.8. The average Bonchev–Trinajstić information content (AvgIpc) is 2.35. The first kappa shape index (κ1) is 15.1. The Labute approximate surface area is 117 Å². The van der Waals surface area contributed by atoms with Crippen molar-refractivity contribution in [2.45, 2.75) is 12.2 Å². The van der Waals surface area contributed by atoms with E-state index in [9.17, 15) is 9.00 Å². The van der Waals surface area contributed by atoms with Gasteiger partial charge in [0.05, 0.1) is 5.56 Å². The molecule has 0 saturated heterocycles. The fourth-order valence-corrected chi connectivity index (χ4v) is 1.91. The third-order valence-electron chi connectivity index (χ3n) is 2.45. The lowest BCUT2D eigenvalue weighted by atomic mass is 10.2. The number of hydrogen-bond donors (Lipinski definition) is 2. The molecule has 1 amide bonds. The molecule has 2 N–H and O–H groups in total. The fraction of sp³-hybridized carbons (Fsp3) is 0.455. The molecule has 1 aromatic heterocycles. The third kappa shape index (κ3) is 4.06. The zero-order valence-electron chi connectivity index (χ0n) is 10.5. The molecule has 100 valence electrons. The lowest BCUT2D eigenvalue weighted by Crippen LogP contribution is -2.33. The van der Waals surface area contributed by atoms with Gasteiger partial charge in [-0.1, -0.05) is 0 Å². The molecular formula is C11H16BrN3O2S. The molecule has 0 radical (unpaired) electrons. The minimum atomic E-state index is -0.950. The van der Waals surface area contributed by atoms with E-state index in [1.54, 1.807) is 25.6 Å². The minimum absolute atomic E-state index is 0.0768. The summed E-state index contributed by atoms with van der Waals surface area (Å²) in [5, 5.41) is 5.53. The molecule has 0 saturated carbocycles. The van der Waals surface area contributed by atoms with Crippen molar-refractivity contribution < 1.29 is 9.00 Å². The van der Waals surface area contributed by atoms with Gasteiger partial charge in [-0.15, -0.1) is 0 Å². The molecule has 7 heteroatoms. The largest absolute Gasteiger partial charge is 0.372 e. The van der Waals surface area contributed by atoms with Crippen LogP contribution in [0.25, 0.3) is 0 Å². The van der Waals surface area contributed by atoms with Crippen LogP contribution in [0.5, 0.6) is 0 Å². The number of anilines is 1. The number of pyridine rings is 1. The second-order valence-corrected chi connectivity index (χ2v) is 6.54. The standard InChI is InChI=1S/C11H16BrN3O2S/c1-7(18(3)17)5-15-11(16)9-4-8(12)6-14-10(9)13-2/h4,6-7H,5H2,1-3H3,(H,13,14)(H,15,16). The van der Waals surface area contributed by atoms with E-state index in [4.69, 9.17) is 0 Å². The van der Waals surface area contributed by atoms with Crippen molar-refractivity contribution in [3.05, 3.63) is 22.3 Å². The molecule has 0 fully saturated rings. The number of nitrogens with one attached hydrogen (secondary N) is 2. The van der Waals surface area contributed by atoms with Gasteiger partial charge in [0, 0.05) is 46.6 Å². The van der Waals surface area contributed by atoms with E-state index < -0.39 is 10.8 Å². The van der Waals surface area contributed by atoms with Crippen LogP contribution in [0.2, 0.25) is 0 Å². The highest BCUT2D eigenvalue weighted by molar-refractivity contribution is 9.10. The van der Waals surface area contributed by atoms with Crippen molar-refractivity contribution in [3.8, 4) is 0 Å². The predicted octanol–water partition coefficient (Wildman–Crippen LogP) is 1.38. The molecule has 1 rings (SSSR count). The van der Waals surface area contributed by atoms with Crippen LogP contribution in [0, 0.1) is 0 Å². The monoisotopic (exact) mass is 333 g/mol. The van der Waals surface area contributed by atoms with Gasteiger partial charge in [0.15, 0.2) is 0 Å². The van der Waals surface area contributed by atoms with Crippen LogP contribution >= 0.6 is 15.9 Å². The summed E-state index contributed by atoms with van der Waals surface area (Å²) in [6, 6.07) is 1.70. The first-order chi connectivity index (χ1) is 8.45. The second-order valence-electron chi connectivity index (χ2n) is 3.82. The average molecular weight is 334 g/mol. The maximum Gasteiger partial charge on any atom is 0.255 e. The molecule has 0 aromatic carbocycles. The Hall–Kier alpha value is -0.950. The van der Waals surface area contributed by atoms with Crippen molar-refractivity contribution >= 4 is 38.5 Å². The molecule has 0 aliphatic heterocycles. The summed E-state index contributed by atoms with van der Waals surface area (Å²) in [7, 11) is 0.755. The molecule has 0 aliphatic rings. The molecule has 2 atom stereocenters. The van der Waals surface area contributed by atoms with E-state index >= 15 is 0 Å². The molecular weight excluding hydrogens is 318 g/mol. The van der Waals surface area contributed by atoms with Crippen molar-refractivity contribution in [1.82, 2.24) is 10.3 Å². The van der Waals surface area contributed by atoms with Gasteiger partial charge in [-0.25, -0.2) is 4.98 Å². The number of hydrogen-bond acceptors (Lipinski definition) is 4. The van der Waals surface area contributed by atoms with Crippen LogP contribution in [0.3, 0.4) is 0 Å². The Kier molecular flexibility index (Phi) is 5.74. The smallest absolute Gasteiger partial charge is 0.255 e. The highest BCUT2D eigenvalue weighted by atomic mass is 79.9. The lowest BCUT2D eigenvalue weighted by molar-refractivity contribution is 0.0954. The third-order valence-corrected chi connectivity index (χ3v) is 4.19. The van der Waals surface area contributed by atoms with Gasteiger partial charge in [0.1, 0.15) is 5.82 Å². The molecule has 1 heterocycles. The maximum atomic E-state index is 12.0. The van der Waals surface area contributed by atoms with E-state index in [0.717, 1.165) is 4.47 Å². The van der Waals surface area contributed by atoms with E-state index in [-0.39, 0.29) is 11.2 Å². The van der Waals surface area contributed by atoms with Crippen LogP contribution in [0.1, 0.15) is 17.3 Å². The molecule has 0 aliphatic carbocycles. The van der Waals surface area contributed by atoms with Crippen LogP contribution in [-0.4, -0.2) is 40.2 Å². The number of carbonyl (C=O) groups excluding carboxylic acids is 1. The quantitative estimate of drug-likeness (QED) is 0.854. The summed E-state index contributed by atoms with van der Waals surface area (Å²) < 4.78 is 11.9. The molecule has 1 aromatic rings. The zero-order valence-corrected chi connectivity index (χ0v) is 12.9. The number of aromatic nitrogens is 1. The number of carbonyl (C=O) groups is 1. The Morgan fingerprint density at radius 1 is 1.61 bits per heavy atom. The van der Waals surface area contributed by atoms with E-state index in [0.29, 0.717) is 17.9 Å². The minimum Gasteiger partial charge on any atom is -0.372 e. The lowest BCUT2D eigenvalue weighted by Gasteiger charge is -2.12. The highest BCUT2D eigenvalue weighted by Crippen LogP contribution is 2.17. The predicted molar refractivity (Wildman–Crippen MR) is 77.3 cm³/mol. The van der Waals surface area contributed by atoms with Gasteiger partial charge in [-0.3, -0.25) is 9.00 Å². The van der Waals surface area contributed by atoms with Crippen LogP contribution in [0.15, 0.2) is 16.7 Å². The molecule has 18 heavy (non-hydrogen) atoms. The van der Waals surface area contributed by atoms with E-state index in [1.165, 1.54) is 0 Å². The van der Waals surface area contributed by atoms with Crippen molar-refractivity contribution in [2.24, 2.45) is 0 Å². The Morgan fingerprint density at radius 3 is 2.83 bits per heavy atom. The van der Waals surface area contributed by atoms with Gasteiger partial charge in [-0.05, 0) is 28.9 Å². The van der Waals surface area contributed by atoms with Crippen molar-refractivity contribution in [3.63, 3.8) is 0 Å².